The number of hydrogen-bond donors (Lipinski definition) is 1. The van der Waals surface area contributed by atoms with Crippen molar-refractivity contribution >= 4 is 21.7 Å². The highest BCUT2D eigenvalue weighted by atomic mass is 19.4. The molecule has 0 spiro atoms. The van der Waals surface area contributed by atoms with Crippen molar-refractivity contribution in [1.82, 2.24) is 4.57 Å². The summed E-state index contributed by atoms with van der Waals surface area (Å²) < 4.78 is 66.1. The van der Waals surface area contributed by atoms with Crippen molar-refractivity contribution in [3.63, 3.8) is 0 Å². The molecular weight excluding hydrogens is 503 g/mol. The summed E-state index contributed by atoms with van der Waals surface area (Å²) in [6, 6.07) is 7.32. The van der Waals surface area contributed by atoms with Crippen molar-refractivity contribution in [2.75, 3.05) is 26.4 Å². The summed E-state index contributed by atoms with van der Waals surface area (Å²) in [5, 5.41) is 11.6. The molecule has 0 radical (unpaired) electrons. The van der Waals surface area contributed by atoms with Crippen LogP contribution in [0.4, 0.5) is 13.2 Å². The van der Waals surface area contributed by atoms with Crippen LogP contribution in [0.15, 0.2) is 35.1 Å². The van der Waals surface area contributed by atoms with Crippen LogP contribution in [-0.2, 0) is 21.6 Å². The van der Waals surface area contributed by atoms with Gasteiger partial charge in [0.25, 0.3) is 5.56 Å². The van der Waals surface area contributed by atoms with Crippen LogP contribution in [0.2, 0.25) is 0 Å². The Labute approximate surface area is 218 Å². The molecule has 1 N–H and O–H groups in total. The summed E-state index contributed by atoms with van der Waals surface area (Å²) >= 11 is 0. The van der Waals surface area contributed by atoms with Crippen molar-refractivity contribution in [3.05, 3.63) is 46.2 Å². The molecule has 0 bridgehead atoms. The zero-order valence-corrected chi connectivity index (χ0v) is 21.5. The van der Waals surface area contributed by atoms with Gasteiger partial charge in [0.2, 0.25) is 0 Å². The smallest absolute Gasteiger partial charge is 0.421 e. The summed E-state index contributed by atoms with van der Waals surface area (Å²) in [5.41, 5.74) is -3.15. The Morgan fingerprint density at radius 1 is 0.974 bits per heavy atom. The number of aryl methyl sites for hydroxylation is 1. The number of alkyl halides is 3. The molecule has 7 nitrogen and oxygen atoms in total. The molecule has 1 aromatic heterocycles. The zero-order valence-electron chi connectivity index (χ0n) is 21.5. The van der Waals surface area contributed by atoms with Crippen LogP contribution in [0.3, 0.4) is 0 Å². The number of fused-ring (bicyclic) bond motifs is 3. The van der Waals surface area contributed by atoms with Crippen LogP contribution >= 0.6 is 0 Å². The summed E-state index contributed by atoms with van der Waals surface area (Å²) in [5.74, 6) is 0.775. The predicted octanol–water partition coefficient (Wildman–Crippen LogP) is 5.06. The number of ether oxygens (including phenoxy) is 4. The number of rotatable bonds is 8. The van der Waals surface area contributed by atoms with Gasteiger partial charge in [0.1, 0.15) is 12.2 Å². The van der Waals surface area contributed by atoms with E-state index in [2.05, 4.69) is 0 Å². The molecule has 3 atom stereocenters. The fraction of sp³-hybridized carbons (Fsp3) is 0.536. The lowest BCUT2D eigenvalue weighted by Gasteiger charge is -2.27. The molecule has 0 amide bonds. The molecule has 2 aliphatic heterocycles. The molecule has 3 aromatic rings. The highest BCUT2D eigenvalue weighted by Gasteiger charge is 2.51. The Hall–Kier alpha value is -2.82. The molecular formula is C28H32F3NO6. The average molecular weight is 536 g/mol. The molecule has 3 unspecified atom stereocenters. The molecule has 5 rings (SSSR count). The Bertz CT molecular complexity index is 1370. The first kappa shape index (κ1) is 26.8. The standard InChI is InChI=1S/C28H32F3NO6/c1-3-4-9-32-23-6-5-17(27(2,34)28(29,30)31)12-21(23)20-13-24(37-18-7-10-35-15-18)25(14-22(20)26(32)33)38-19-8-11-36-16-19/h5-6,12-14,18-19,34H,3-4,7-11,15-16H2,1-2H3. The Balaban J connectivity index is 1.75. The van der Waals surface area contributed by atoms with E-state index in [1.165, 1.54) is 18.2 Å². The van der Waals surface area contributed by atoms with Crippen molar-refractivity contribution < 1.29 is 37.2 Å². The largest absolute Gasteiger partial charge is 0.484 e. The van der Waals surface area contributed by atoms with Gasteiger partial charge in [-0.3, -0.25) is 4.79 Å². The lowest BCUT2D eigenvalue weighted by atomic mass is 9.92. The van der Waals surface area contributed by atoms with E-state index in [9.17, 15) is 23.1 Å². The number of pyridine rings is 1. The van der Waals surface area contributed by atoms with Gasteiger partial charge in [-0.15, -0.1) is 0 Å². The van der Waals surface area contributed by atoms with E-state index in [1.54, 1.807) is 16.7 Å². The Kier molecular flexibility index (Phi) is 7.32. The van der Waals surface area contributed by atoms with Crippen LogP contribution < -0.4 is 15.0 Å². The van der Waals surface area contributed by atoms with Crippen molar-refractivity contribution in [1.29, 1.82) is 0 Å². The van der Waals surface area contributed by atoms with Gasteiger partial charge in [-0.25, -0.2) is 0 Å². The van der Waals surface area contributed by atoms with Gasteiger partial charge in [-0.05, 0) is 43.2 Å². The summed E-state index contributed by atoms with van der Waals surface area (Å²) in [7, 11) is 0. The van der Waals surface area contributed by atoms with Crippen molar-refractivity contribution in [3.8, 4) is 11.5 Å². The summed E-state index contributed by atoms with van der Waals surface area (Å²) in [4.78, 5) is 13.7. The first-order valence-corrected chi connectivity index (χ1v) is 13.0. The monoisotopic (exact) mass is 535 g/mol. The van der Waals surface area contributed by atoms with E-state index in [-0.39, 0.29) is 23.3 Å². The number of aromatic nitrogens is 1. The molecule has 2 saturated heterocycles. The topological polar surface area (TPSA) is 79.2 Å². The van der Waals surface area contributed by atoms with E-state index in [4.69, 9.17) is 18.9 Å². The highest BCUT2D eigenvalue weighted by molar-refractivity contribution is 6.07. The van der Waals surface area contributed by atoms with Gasteiger partial charge < -0.3 is 28.6 Å². The third-order valence-electron chi connectivity index (χ3n) is 7.35. The predicted molar refractivity (Wildman–Crippen MR) is 136 cm³/mol. The van der Waals surface area contributed by atoms with E-state index in [0.29, 0.717) is 85.4 Å². The normalized spacial score (nSPS) is 21.7. The van der Waals surface area contributed by atoms with Gasteiger partial charge in [-0.1, -0.05) is 19.4 Å². The molecule has 0 aliphatic carbocycles. The van der Waals surface area contributed by atoms with E-state index >= 15 is 0 Å². The van der Waals surface area contributed by atoms with Crippen LogP contribution in [0.5, 0.6) is 11.5 Å². The molecule has 38 heavy (non-hydrogen) atoms. The van der Waals surface area contributed by atoms with E-state index in [0.717, 1.165) is 13.3 Å². The molecule has 10 heteroatoms. The number of aliphatic hydroxyl groups is 1. The van der Waals surface area contributed by atoms with Crippen LogP contribution in [0, 0.1) is 0 Å². The second-order valence-electron chi connectivity index (χ2n) is 10.2. The summed E-state index contributed by atoms with van der Waals surface area (Å²) in [6.07, 6.45) is -2.37. The maximum atomic E-state index is 13.7. The fourth-order valence-corrected chi connectivity index (χ4v) is 4.96. The lowest BCUT2D eigenvalue weighted by Crippen LogP contribution is -2.39. The van der Waals surface area contributed by atoms with Gasteiger partial charge in [0.05, 0.1) is 37.3 Å². The zero-order chi connectivity index (χ0) is 27.1. The maximum absolute atomic E-state index is 13.7. The third-order valence-corrected chi connectivity index (χ3v) is 7.35. The fourth-order valence-electron chi connectivity index (χ4n) is 4.96. The van der Waals surface area contributed by atoms with E-state index in [1.807, 2.05) is 6.92 Å². The average Bonchev–Trinajstić information content (AvgIpc) is 3.58. The second-order valence-corrected chi connectivity index (χ2v) is 10.2. The van der Waals surface area contributed by atoms with Gasteiger partial charge in [0.15, 0.2) is 17.1 Å². The molecule has 2 aromatic carbocycles. The van der Waals surface area contributed by atoms with Gasteiger partial charge >= 0.3 is 6.18 Å². The van der Waals surface area contributed by atoms with Gasteiger partial charge in [-0.2, -0.15) is 13.2 Å². The second kappa shape index (κ2) is 10.4. The minimum Gasteiger partial charge on any atom is -0.484 e. The molecule has 206 valence electrons. The van der Waals surface area contributed by atoms with Gasteiger partial charge in [0, 0.05) is 30.2 Å². The molecule has 3 heterocycles. The molecule has 2 fully saturated rings. The number of halogens is 3. The minimum atomic E-state index is -4.88. The number of hydrogen-bond acceptors (Lipinski definition) is 6. The number of unbranched alkanes of at least 4 members (excludes halogenated alkanes) is 1. The number of nitrogens with zero attached hydrogens (tertiary/aromatic N) is 1. The third kappa shape index (κ3) is 4.97. The first-order chi connectivity index (χ1) is 18.1. The first-order valence-electron chi connectivity index (χ1n) is 13.0. The van der Waals surface area contributed by atoms with Crippen LogP contribution in [0.1, 0.15) is 45.1 Å². The molecule has 0 saturated carbocycles. The van der Waals surface area contributed by atoms with Crippen molar-refractivity contribution in [2.45, 2.75) is 70.1 Å². The Morgan fingerprint density at radius 3 is 2.11 bits per heavy atom. The van der Waals surface area contributed by atoms with Crippen molar-refractivity contribution in [2.24, 2.45) is 0 Å². The minimum absolute atomic E-state index is 0.203. The van der Waals surface area contributed by atoms with Crippen LogP contribution in [0.25, 0.3) is 21.7 Å². The van der Waals surface area contributed by atoms with Crippen LogP contribution in [-0.4, -0.2) is 54.5 Å². The summed E-state index contributed by atoms with van der Waals surface area (Å²) in [6.45, 7) is 5.08. The Morgan fingerprint density at radius 2 is 1.58 bits per heavy atom. The van der Waals surface area contributed by atoms with E-state index < -0.39 is 11.8 Å². The molecule has 2 aliphatic rings. The lowest BCUT2D eigenvalue weighted by molar-refractivity contribution is -0.258. The SMILES string of the molecule is CCCCn1c(=O)c2cc(OC3CCOC3)c(OC3CCOC3)cc2c2cc(C(C)(O)C(F)(F)F)ccc21. The highest BCUT2D eigenvalue weighted by Crippen LogP contribution is 2.41. The maximum Gasteiger partial charge on any atom is 0.421 e. The quantitative estimate of drug-likeness (QED) is 0.407. The number of benzene rings is 2.